The number of hydrogen-bond donors (Lipinski definition) is 1. The molecule has 1 saturated heterocycles. The van der Waals surface area contributed by atoms with Crippen LogP contribution in [0.1, 0.15) is 0 Å². The first-order valence-electron chi connectivity index (χ1n) is 7.24. The SMILES string of the molecule is CN(C)CCNC(=O)N1CCN(c2ccc(Cl)cc2)CC1. The summed E-state index contributed by atoms with van der Waals surface area (Å²) in [6.45, 7) is 4.73. The third-order valence-corrected chi connectivity index (χ3v) is 3.85. The third kappa shape index (κ3) is 4.79. The van der Waals surface area contributed by atoms with Crippen molar-refractivity contribution in [2.75, 3.05) is 58.3 Å². The van der Waals surface area contributed by atoms with Gasteiger partial charge in [0, 0.05) is 50.0 Å². The van der Waals surface area contributed by atoms with Crippen LogP contribution >= 0.6 is 11.6 Å². The topological polar surface area (TPSA) is 38.8 Å². The van der Waals surface area contributed by atoms with Gasteiger partial charge in [0.2, 0.25) is 0 Å². The van der Waals surface area contributed by atoms with Crippen molar-refractivity contribution < 1.29 is 4.79 Å². The Bertz CT molecular complexity index is 455. The van der Waals surface area contributed by atoms with E-state index in [2.05, 4.69) is 15.1 Å². The third-order valence-electron chi connectivity index (χ3n) is 3.59. The summed E-state index contributed by atoms with van der Waals surface area (Å²) in [5.41, 5.74) is 1.16. The maximum Gasteiger partial charge on any atom is 0.317 e. The summed E-state index contributed by atoms with van der Waals surface area (Å²) in [7, 11) is 3.99. The van der Waals surface area contributed by atoms with Gasteiger partial charge < -0.3 is 20.0 Å². The van der Waals surface area contributed by atoms with E-state index >= 15 is 0 Å². The van der Waals surface area contributed by atoms with Gasteiger partial charge in [-0.25, -0.2) is 4.79 Å². The van der Waals surface area contributed by atoms with Gasteiger partial charge in [0.15, 0.2) is 0 Å². The normalized spacial score (nSPS) is 15.4. The van der Waals surface area contributed by atoms with E-state index in [-0.39, 0.29) is 6.03 Å². The van der Waals surface area contributed by atoms with Crippen molar-refractivity contribution in [3.05, 3.63) is 29.3 Å². The summed E-state index contributed by atoms with van der Waals surface area (Å²) in [6.07, 6.45) is 0. The molecule has 21 heavy (non-hydrogen) atoms. The number of anilines is 1. The van der Waals surface area contributed by atoms with Crippen LogP contribution in [-0.4, -0.2) is 69.2 Å². The summed E-state index contributed by atoms with van der Waals surface area (Å²) >= 11 is 5.90. The number of nitrogens with one attached hydrogen (secondary N) is 1. The molecule has 1 fully saturated rings. The first-order valence-corrected chi connectivity index (χ1v) is 7.62. The minimum absolute atomic E-state index is 0.0348. The van der Waals surface area contributed by atoms with E-state index in [1.807, 2.05) is 43.3 Å². The number of carbonyl (C=O) groups is 1. The molecular weight excluding hydrogens is 288 g/mol. The van der Waals surface area contributed by atoms with E-state index in [1.165, 1.54) is 0 Å². The van der Waals surface area contributed by atoms with E-state index in [0.717, 1.165) is 43.4 Å². The van der Waals surface area contributed by atoms with Crippen molar-refractivity contribution in [2.45, 2.75) is 0 Å². The molecule has 1 N–H and O–H groups in total. The minimum atomic E-state index is 0.0348. The molecular formula is C15H23ClN4O. The predicted molar refractivity (Wildman–Crippen MR) is 87.2 cm³/mol. The highest BCUT2D eigenvalue weighted by Gasteiger charge is 2.20. The lowest BCUT2D eigenvalue weighted by Gasteiger charge is -2.36. The monoisotopic (exact) mass is 310 g/mol. The standard InChI is InChI=1S/C15H23ClN4O/c1-18(2)8-7-17-15(21)20-11-9-19(10-12-20)14-5-3-13(16)4-6-14/h3-6H,7-12H2,1-2H3,(H,17,21). The average molecular weight is 311 g/mol. The van der Waals surface area contributed by atoms with E-state index in [1.54, 1.807) is 0 Å². The molecule has 0 atom stereocenters. The molecule has 2 amide bonds. The highest BCUT2D eigenvalue weighted by Crippen LogP contribution is 2.19. The zero-order chi connectivity index (χ0) is 15.2. The van der Waals surface area contributed by atoms with Crippen molar-refractivity contribution >= 4 is 23.3 Å². The molecule has 1 aliphatic heterocycles. The Kier molecular flexibility index (Phi) is 5.70. The molecule has 1 aromatic rings. The molecule has 0 bridgehead atoms. The lowest BCUT2D eigenvalue weighted by molar-refractivity contribution is 0.193. The van der Waals surface area contributed by atoms with Crippen LogP contribution in [-0.2, 0) is 0 Å². The Morgan fingerprint density at radius 2 is 1.81 bits per heavy atom. The molecule has 0 unspecified atom stereocenters. The molecule has 1 aliphatic rings. The number of halogens is 1. The summed E-state index contributed by atoms with van der Waals surface area (Å²) in [4.78, 5) is 18.2. The molecule has 0 aliphatic carbocycles. The molecule has 1 aromatic carbocycles. The van der Waals surface area contributed by atoms with E-state index in [9.17, 15) is 4.79 Å². The lowest BCUT2D eigenvalue weighted by Crippen LogP contribution is -2.52. The number of carbonyl (C=O) groups excluding carboxylic acids is 1. The van der Waals surface area contributed by atoms with Gasteiger partial charge in [-0.1, -0.05) is 11.6 Å². The molecule has 0 spiro atoms. The predicted octanol–water partition coefficient (Wildman–Crippen LogP) is 1.73. The van der Waals surface area contributed by atoms with Crippen LogP contribution in [0.15, 0.2) is 24.3 Å². The maximum absolute atomic E-state index is 12.0. The maximum atomic E-state index is 12.0. The largest absolute Gasteiger partial charge is 0.368 e. The molecule has 2 rings (SSSR count). The highest BCUT2D eigenvalue weighted by molar-refractivity contribution is 6.30. The summed E-state index contributed by atoms with van der Waals surface area (Å²) < 4.78 is 0. The zero-order valence-corrected chi connectivity index (χ0v) is 13.4. The smallest absolute Gasteiger partial charge is 0.317 e. The van der Waals surface area contributed by atoms with Crippen LogP contribution in [0, 0.1) is 0 Å². The van der Waals surface area contributed by atoms with Crippen LogP contribution in [0.4, 0.5) is 10.5 Å². The average Bonchev–Trinajstić information content (AvgIpc) is 2.48. The number of rotatable bonds is 4. The molecule has 5 nitrogen and oxygen atoms in total. The van der Waals surface area contributed by atoms with Crippen LogP contribution in [0.2, 0.25) is 5.02 Å². The van der Waals surface area contributed by atoms with Gasteiger partial charge in [-0.15, -0.1) is 0 Å². The number of likely N-dealkylation sites (N-methyl/N-ethyl adjacent to an activating group) is 1. The Morgan fingerprint density at radius 3 is 2.38 bits per heavy atom. The van der Waals surface area contributed by atoms with Crippen molar-refractivity contribution in [2.24, 2.45) is 0 Å². The van der Waals surface area contributed by atoms with Crippen molar-refractivity contribution in [1.82, 2.24) is 15.1 Å². The summed E-state index contributed by atoms with van der Waals surface area (Å²) in [5, 5.41) is 3.70. The number of urea groups is 1. The number of benzene rings is 1. The van der Waals surface area contributed by atoms with Crippen LogP contribution in [0.5, 0.6) is 0 Å². The van der Waals surface area contributed by atoms with Gasteiger partial charge in [0.1, 0.15) is 0 Å². The van der Waals surface area contributed by atoms with Crippen molar-refractivity contribution in [1.29, 1.82) is 0 Å². The number of nitrogens with zero attached hydrogens (tertiary/aromatic N) is 3. The highest BCUT2D eigenvalue weighted by atomic mass is 35.5. The molecule has 0 saturated carbocycles. The second-order valence-electron chi connectivity index (χ2n) is 5.49. The Hall–Kier alpha value is -1.46. The quantitative estimate of drug-likeness (QED) is 0.920. The molecule has 1 heterocycles. The Labute approximate surface area is 131 Å². The van der Waals surface area contributed by atoms with Gasteiger partial charge in [-0.3, -0.25) is 0 Å². The summed E-state index contributed by atoms with van der Waals surface area (Å²) in [6, 6.07) is 7.88. The number of piperazine rings is 1. The van der Waals surface area contributed by atoms with Crippen molar-refractivity contribution in [3.63, 3.8) is 0 Å². The van der Waals surface area contributed by atoms with Crippen LogP contribution < -0.4 is 10.2 Å². The second-order valence-corrected chi connectivity index (χ2v) is 5.92. The van der Waals surface area contributed by atoms with Gasteiger partial charge in [-0.2, -0.15) is 0 Å². The fraction of sp³-hybridized carbons (Fsp3) is 0.533. The Morgan fingerprint density at radius 1 is 1.19 bits per heavy atom. The lowest BCUT2D eigenvalue weighted by atomic mass is 10.2. The van der Waals surface area contributed by atoms with Crippen LogP contribution in [0.25, 0.3) is 0 Å². The molecule has 0 radical (unpaired) electrons. The van der Waals surface area contributed by atoms with Gasteiger partial charge in [0.25, 0.3) is 0 Å². The number of hydrogen-bond acceptors (Lipinski definition) is 3. The van der Waals surface area contributed by atoms with Gasteiger partial charge in [0.05, 0.1) is 0 Å². The second kappa shape index (κ2) is 7.52. The zero-order valence-electron chi connectivity index (χ0n) is 12.7. The number of amides is 2. The fourth-order valence-corrected chi connectivity index (χ4v) is 2.44. The summed E-state index contributed by atoms with van der Waals surface area (Å²) in [5.74, 6) is 0. The first kappa shape index (κ1) is 15.9. The van der Waals surface area contributed by atoms with E-state index in [4.69, 9.17) is 11.6 Å². The van der Waals surface area contributed by atoms with E-state index in [0.29, 0.717) is 6.54 Å². The minimum Gasteiger partial charge on any atom is -0.368 e. The van der Waals surface area contributed by atoms with Gasteiger partial charge in [-0.05, 0) is 38.4 Å². The van der Waals surface area contributed by atoms with E-state index < -0.39 is 0 Å². The first-order chi connectivity index (χ1) is 10.1. The molecule has 116 valence electrons. The van der Waals surface area contributed by atoms with Crippen LogP contribution in [0.3, 0.4) is 0 Å². The van der Waals surface area contributed by atoms with Crippen molar-refractivity contribution in [3.8, 4) is 0 Å². The Balaban J connectivity index is 1.77. The molecule has 0 aromatic heterocycles. The molecule has 6 heteroatoms. The van der Waals surface area contributed by atoms with Gasteiger partial charge >= 0.3 is 6.03 Å². The fourth-order valence-electron chi connectivity index (χ4n) is 2.32.